The van der Waals surface area contributed by atoms with E-state index >= 15 is 0 Å². The summed E-state index contributed by atoms with van der Waals surface area (Å²) in [6, 6.07) is 11.8. The maximum Gasteiger partial charge on any atom is 0.343 e. The van der Waals surface area contributed by atoms with Crippen LogP contribution < -0.4 is 14.2 Å². The molecule has 8 nitrogen and oxygen atoms in total. The second-order valence-electron chi connectivity index (χ2n) is 8.93. The fourth-order valence-electron chi connectivity index (χ4n) is 3.66. The molecule has 2 aromatic carbocycles. The number of carbonyl (C=O) groups is 2. The molecule has 0 fully saturated rings. The Morgan fingerprint density at radius 2 is 1.73 bits per heavy atom. The van der Waals surface area contributed by atoms with Crippen molar-refractivity contribution in [1.82, 2.24) is 4.98 Å². The molecule has 0 saturated heterocycles. The predicted octanol–water partition coefficient (Wildman–Crippen LogP) is 7.30. The quantitative estimate of drug-likeness (QED) is 0.0849. The highest BCUT2D eigenvalue weighted by atomic mass is 16.5. The Balaban J connectivity index is 1.50. The van der Waals surface area contributed by atoms with Crippen molar-refractivity contribution in [3.05, 3.63) is 84.3 Å². The van der Waals surface area contributed by atoms with E-state index in [1.807, 2.05) is 19.1 Å². The van der Waals surface area contributed by atoms with Gasteiger partial charge in [-0.1, -0.05) is 19.2 Å². The lowest BCUT2D eigenvalue weighted by Crippen LogP contribution is -2.09. The van der Waals surface area contributed by atoms with Crippen molar-refractivity contribution in [1.29, 1.82) is 0 Å². The van der Waals surface area contributed by atoms with E-state index < -0.39 is 5.97 Å². The molecule has 0 saturated carbocycles. The highest BCUT2D eigenvalue weighted by molar-refractivity contribution is 5.92. The number of carbonyl (C=O) groups excluding carboxylic acids is 2. The van der Waals surface area contributed by atoms with Gasteiger partial charge in [0.1, 0.15) is 11.4 Å². The van der Waals surface area contributed by atoms with Gasteiger partial charge in [-0.05, 0) is 94.1 Å². The molecular formula is C32H35NO7. The lowest BCUT2D eigenvalue weighted by Gasteiger charge is -2.12. The zero-order valence-corrected chi connectivity index (χ0v) is 23.2. The minimum absolute atomic E-state index is 0.330. The van der Waals surface area contributed by atoms with Crippen LogP contribution in [0.4, 0.5) is 0 Å². The van der Waals surface area contributed by atoms with Crippen LogP contribution in [0.2, 0.25) is 0 Å². The zero-order chi connectivity index (χ0) is 28.9. The second-order valence-corrected chi connectivity index (χ2v) is 8.93. The summed E-state index contributed by atoms with van der Waals surface area (Å²) in [4.78, 5) is 28.6. The normalized spacial score (nSPS) is 10.8. The summed E-state index contributed by atoms with van der Waals surface area (Å²) in [6.07, 6.45) is 8.80. The van der Waals surface area contributed by atoms with Crippen LogP contribution in [-0.2, 0) is 9.53 Å². The monoisotopic (exact) mass is 545 g/mol. The number of aromatic nitrogens is 1. The Labute approximate surface area is 234 Å². The van der Waals surface area contributed by atoms with Crippen molar-refractivity contribution < 1.29 is 33.0 Å². The van der Waals surface area contributed by atoms with Crippen LogP contribution >= 0.6 is 0 Å². The first-order valence-electron chi connectivity index (χ1n) is 13.1. The molecule has 0 aliphatic heterocycles. The number of ether oxygens (including phenoxy) is 4. The third-order valence-electron chi connectivity index (χ3n) is 5.78. The lowest BCUT2D eigenvalue weighted by molar-refractivity contribution is -0.139. The molecule has 0 unspecified atom stereocenters. The summed E-state index contributed by atoms with van der Waals surface area (Å²) >= 11 is 0. The SMILES string of the molecule is C=Cc1oc(-c2ccc(OC(=O)c3ccc(OCCCCCCOC(=O)C(=C)C)c(OC)c3)cc2)nc1/C=C\C. The van der Waals surface area contributed by atoms with Gasteiger partial charge in [0.2, 0.25) is 5.89 Å². The summed E-state index contributed by atoms with van der Waals surface area (Å²) in [5.74, 6) is 1.52. The van der Waals surface area contributed by atoms with Gasteiger partial charge in [-0.2, -0.15) is 0 Å². The van der Waals surface area contributed by atoms with Gasteiger partial charge in [0.05, 0.1) is 25.9 Å². The van der Waals surface area contributed by atoms with E-state index in [1.165, 1.54) is 7.11 Å². The number of methoxy groups -OCH3 is 1. The first kappa shape index (κ1) is 30.0. The van der Waals surface area contributed by atoms with E-state index in [0.717, 1.165) is 31.2 Å². The maximum absolute atomic E-state index is 12.8. The third-order valence-corrected chi connectivity index (χ3v) is 5.78. The van der Waals surface area contributed by atoms with Crippen LogP contribution in [0, 0.1) is 0 Å². The average molecular weight is 546 g/mol. The fraction of sp³-hybridized carbons (Fsp3) is 0.281. The molecule has 0 atom stereocenters. The molecule has 0 radical (unpaired) electrons. The number of esters is 2. The van der Waals surface area contributed by atoms with Gasteiger partial charge >= 0.3 is 11.9 Å². The zero-order valence-electron chi connectivity index (χ0n) is 23.2. The summed E-state index contributed by atoms with van der Waals surface area (Å²) in [5, 5.41) is 0. The maximum atomic E-state index is 12.8. The molecule has 0 aliphatic rings. The van der Waals surface area contributed by atoms with Crippen LogP contribution in [0.5, 0.6) is 17.2 Å². The molecule has 0 amide bonds. The number of rotatable bonds is 15. The number of nitrogens with zero attached hydrogens (tertiary/aromatic N) is 1. The highest BCUT2D eigenvalue weighted by Gasteiger charge is 2.15. The topological polar surface area (TPSA) is 97.1 Å². The summed E-state index contributed by atoms with van der Waals surface area (Å²) in [7, 11) is 1.52. The average Bonchev–Trinajstić information content (AvgIpc) is 3.37. The number of oxazole rings is 1. The summed E-state index contributed by atoms with van der Waals surface area (Å²) in [5.41, 5.74) is 2.17. The number of unbranched alkanes of at least 4 members (excludes halogenated alkanes) is 3. The van der Waals surface area contributed by atoms with Crippen LogP contribution in [0.15, 0.2) is 71.7 Å². The molecule has 0 aliphatic carbocycles. The van der Waals surface area contributed by atoms with Crippen molar-refractivity contribution in [2.75, 3.05) is 20.3 Å². The van der Waals surface area contributed by atoms with Gasteiger partial charge in [-0.25, -0.2) is 14.6 Å². The molecule has 1 heterocycles. The van der Waals surface area contributed by atoms with Crippen molar-refractivity contribution in [3.63, 3.8) is 0 Å². The van der Waals surface area contributed by atoms with E-state index in [2.05, 4.69) is 18.1 Å². The van der Waals surface area contributed by atoms with Crippen LogP contribution in [0.1, 0.15) is 61.3 Å². The predicted molar refractivity (Wildman–Crippen MR) is 154 cm³/mol. The van der Waals surface area contributed by atoms with Gasteiger partial charge in [0.25, 0.3) is 0 Å². The molecule has 0 spiro atoms. The second kappa shape index (κ2) is 15.1. The molecule has 0 bridgehead atoms. The number of hydrogen-bond acceptors (Lipinski definition) is 8. The Morgan fingerprint density at radius 1 is 1.00 bits per heavy atom. The van der Waals surface area contributed by atoms with E-state index in [4.69, 9.17) is 23.4 Å². The first-order valence-corrected chi connectivity index (χ1v) is 13.1. The summed E-state index contributed by atoms with van der Waals surface area (Å²) in [6.45, 7) is 11.7. The molecule has 40 heavy (non-hydrogen) atoms. The van der Waals surface area contributed by atoms with Gasteiger partial charge in [0.15, 0.2) is 17.3 Å². The standard InChI is InChI=1S/C32H35NO7/c1-6-12-26-27(7-2)40-30(33-26)23-13-16-25(17-14-23)39-32(35)24-15-18-28(29(21-24)36-5)37-19-10-8-9-11-20-38-31(34)22(3)4/h6-7,12-18,21H,2-3,8-11,19-20H2,1,4-5H3/b12-6-. The molecule has 1 aromatic heterocycles. The molecule has 3 aromatic rings. The Kier molecular flexibility index (Phi) is 11.3. The smallest absolute Gasteiger partial charge is 0.343 e. The van der Waals surface area contributed by atoms with Crippen molar-refractivity contribution in [3.8, 4) is 28.7 Å². The van der Waals surface area contributed by atoms with E-state index in [-0.39, 0.29) is 5.97 Å². The Morgan fingerprint density at radius 3 is 2.38 bits per heavy atom. The van der Waals surface area contributed by atoms with Crippen molar-refractivity contribution in [2.24, 2.45) is 0 Å². The van der Waals surface area contributed by atoms with Crippen LogP contribution in [0.3, 0.4) is 0 Å². The van der Waals surface area contributed by atoms with Crippen LogP contribution in [0.25, 0.3) is 23.6 Å². The van der Waals surface area contributed by atoms with Gasteiger partial charge in [-0.15, -0.1) is 0 Å². The van der Waals surface area contributed by atoms with E-state index in [9.17, 15) is 9.59 Å². The Bertz CT molecular complexity index is 1350. The fourth-order valence-corrected chi connectivity index (χ4v) is 3.66. The number of allylic oxidation sites excluding steroid dienone is 1. The van der Waals surface area contributed by atoms with E-state index in [1.54, 1.807) is 55.5 Å². The molecular weight excluding hydrogens is 510 g/mol. The number of hydrogen-bond donors (Lipinski definition) is 0. The largest absolute Gasteiger partial charge is 0.493 e. The molecule has 210 valence electrons. The van der Waals surface area contributed by atoms with Crippen molar-refractivity contribution >= 4 is 24.1 Å². The number of benzene rings is 2. The minimum atomic E-state index is -0.523. The Hall–Kier alpha value is -4.59. The highest BCUT2D eigenvalue weighted by Crippen LogP contribution is 2.30. The first-order chi connectivity index (χ1) is 19.4. The molecule has 0 N–H and O–H groups in total. The van der Waals surface area contributed by atoms with Gasteiger partial charge < -0.3 is 23.4 Å². The lowest BCUT2D eigenvalue weighted by atomic mass is 10.2. The van der Waals surface area contributed by atoms with E-state index in [0.29, 0.717) is 58.9 Å². The third kappa shape index (κ3) is 8.46. The molecule has 8 heteroatoms. The van der Waals surface area contributed by atoms with Crippen LogP contribution in [-0.4, -0.2) is 37.2 Å². The van der Waals surface area contributed by atoms with Gasteiger partial charge in [0, 0.05) is 11.1 Å². The summed E-state index contributed by atoms with van der Waals surface area (Å²) < 4.78 is 27.7. The molecule has 3 rings (SSSR count). The minimum Gasteiger partial charge on any atom is -0.493 e. The van der Waals surface area contributed by atoms with Crippen molar-refractivity contribution in [2.45, 2.75) is 39.5 Å². The van der Waals surface area contributed by atoms with Gasteiger partial charge in [-0.3, -0.25) is 0 Å².